The van der Waals surface area contributed by atoms with Gasteiger partial charge in [-0.25, -0.2) is 0 Å². The van der Waals surface area contributed by atoms with E-state index in [1.165, 1.54) is 6.07 Å². The predicted molar refractivity (Wildman–Crippen MR) is 44.1 cm³/mol. The monoisotopic (exact) mass is 163 g/mol. The zero-order valence-electron chi connectivity index (χ0n) is 6.45. The van der Waals surface area contributed by atoms with Gasteiger partial charge in [-0.3, -0.25) is 4.79 Å². The summed E-state index contributed by atoms with van der Waals surface area (Å²) in [7, 11) is 0. The van der Waals surface area contributed by atoms with E-state index in [2.05, 4.69) is 0 Å². The molecule has 1 aliphatic rings. The van der Waals surface area contributed by atoms with Crippen molar-refractivity contribution in [3.05, 3.63) is 29.3 Å². The fraction of sp³-hybridized carbons (Fsp3) is 0.222. The number of Topliss-reactive ketones (excluding diaryl/α,β-unsaturated/α-hetero) is 1. The molecule has 1 aliphatic carbocycles. The third kappa shape index (κ3) is 0.905. The summed E-state index contributed by atoms with van der Waals surface area (Å²) in [6.07, 6.45) is 0.544. The van der Waals surface area contributed by atoms with E-state index in [0.29, 0.717) is 12.0 Å². The molecular weight excluding hydrogens is 154 g/mol. The molecule has 1 aromatic rings. The molecule has 3 N–H and O–H groups in total. The number of rotatable bonds is 0. The normalized spacial score (nSPS) is 21.1. The number of ketones is 1. The van der Waals surface area contributed by atoms with E-state index in [0.717, 1.165) is 5.56 Å². The maximum Gasteiger partial charge on any atom is 0.180 e. The average Bonchev–Trinajstić information content (AvgIpc) is 2.28. The van der Waals surface area contributed by atoms with Crippen molar-refractivity contribution in [1.82, 2.24) is 0 Å². The van der Waals surface area contributed by atoms with Crippen LogP contribution in [-0.4, -0.2) is 16.9 Å². The Morgan fingerprint density at radius 2 is 2.25 bits per heavy atom. The number of fused-ring (bicyclic) bond motifs is 1. The highest BCUT2D eigenvalue weighted by Crippen LogP contribution is 2.24. The lowest BCUT2D eigenvalue weighted by Gasteiger charge is -1.96. The van der Waals surface area contributed by atoms with Gasteiger partial charge in [0.15, 0.2) is 5.78 Å². The minimum atomic E-state index is -0.415. The molecule has 0 amide bonds. The molecule has 0 saturated carbocycles. The Balaban J connectivity index is 2.54. The zero-order chi connectivity index (χ0) is 8.72. The highest BCUT2D eigenvalue weighted by molar-refractivity contribution is 6.04. The van der Waals surface area contributed by atoms with Crippen LogP contribution < -0.4 is 5.73 Å². The van der Waals surface area contributed by atoms with Gasteiger partial charge in [0.05, 0.1) is 6.04 Å². The third-order valence-electron chi connectivity index (χ3n) is 2.13. The topological polar surface area (TPSA) is 63.3 Å². The quantitative estimate of drug-likeness (QED) is 0.584. The molecule has 0 saturated heterocycles. The van der Waals surface area contributed by atoms with Gasteiger partial charge in [0.2, 0.25) is 0 Å². The van der Waals surface area contributed by atoms with Crippen LogP contribution in [-0.2, 0) is 6.42 Å². The van der Waals surface area contributed by atoms with Gasteiger partial charge in [0.1, 0.15) is 5.75 Å². The van der Waals surface area contributed by atoms with Gasteiger partial charge in [0.25, 0.3) is 0 Å². The molecule has 0 heterocycles. The lowest BCUT2D eigenvalue weighted by molar-refractivity contribution is 0.0974. The molecule has 62 valence electrons. The second-order valence-electron chi connectivity index (χ2n) is 3.02. The summed E-state index contributed by atoms with van der Waals surface area (Å²) in [6.45, 7) is 0. The average molecular weight is 163 g/mol. The summed E-state index contributed by atoms with van der Waals surface area (Å²) < 4.78 is 0. The molecule has 1 atom stereocenters. The van der Waals surface area contributed by atoms with Crippen molar-refractivity contribution in [2.45, 2.75) is 12.5 Å². The van der Waals surface area contributed by atoms with Crippen molar-refractivity contribution < 1.29 is 9.90 Å². The van der Waals surface area contributed by atoms with Crippen molar-refractivity contribution in [2.24, 2.45) is 5.73 Å². The molecule has 3 heteroatoms. The molecule has 0 aliphatic heterocycles. The Labute approximate surface area is 69.8 Å². The number of benzene rings is 1. The SMILES string of the molecule is N[C@H]1Cc2cc(O)ccc2C1=O. The molecule has 12 heavy (non-hydrogen) atoms. The van der Waals surface area contributed by atoms with Gasteiger partial charge in [-0.1, -0.05) is 0 Å². The first kappa shape index (κ1) is 7.31. The number of hydrogen-bond donors (Lipinski definition) is 2. The summed E-state index contributed by atoms with van der Waals surface area (Å²) in [5.74, 6) is 0.167. The van der Waals surface area contributed by atoms with E-state index in [-0.39, 0.29) is 11.5 Å². The van der Waals surface area contributed by atoms with Gasteiger partial charge in [-0.05, 0) is 30.2 Å². The Morgan fingerprint density at radius 3 is 3.00 bits per heavy atom. The van der Waals surface area contributed by atoms with Crippen molar-refractivity contribution in [3.8, 4) is 5.75 Å². The molecule has 0 bridgehead atoms. The molecule has 3 nitrogen and oxygen atoms in total. The van der Waals surface area contributed by atoms with Crippen LogP contribution in [0.25, 0.3) is 0 Å². The van der Waals surface area contributed by atoms with E-state index in [1.807, 2.05) is 0 Å². The Morgan fingerprint density at radius 1 is 1.50 bits per heavy atom. The molecule has 0 radical (unpaired) electrons. The zero-order valence-corrected chi connectivity index (χ0v) is 6.45. The van der Waals surface area contributed by atoms with Gasteiger partial charge >= 0.3 is 0 Å². The number of carbonyl (C=O) groups is 1. The number of nitrogens with two attached hydrogens (primary N) is 1. The van der Waals surface area contributed by atoms with E-state index < -0.39 is 6.04 Å². The molecule has 0 spiro atoms. The Hall–Kier alpha value is -1.35. The molecular formula is C9H9NO2. The first-order valence-electron chi connectivity index (χ1n) is 3.80. The molecule has 0 fully saturated rings. The summed E-state index contributed by atoms with van der Waals surface area (Å²) in [5.41, 5.74) is 7.05. The Bertz CT molecular complexity index is 346. The first-order valence-corrected chi connectivity index (χ1v) is 3.80. The van der Waals surface area contributed by atoms with Gasteiger partial charge < -0.3 is 10.8 Å². The summed E-state index contributed by atoms with van der Waals surface area (Å²) in [5, 5.41) is 9.12. The van der Waals surface area contributed by atoms with Crippen LogP contribution in [0.4, 0.5) is 0 Å². The van der Waals surface area contributed by atoms with E-state index in [4.69, 9.17) is 10.8 Å². The molecule has 0 unspecified atom stereocenters. The van der Waals surface area contributed by atoms with E-state index in [1.54, 1.807) is 12.1 Å². The van der Waals surface area contributed by atoms with Crippen LogP contribution in [0.3, 0.4) is 0 Å². The fourth-order valence-electron chi connectivity index (χ4n) is 1.52. The molecule has 0 aromatic heterocycles. The van der Waals surface area contributed by atoms with Crippen LogP contribution in [0, 0.1) is 0 Å². The smallest absolute Gasteiger partial charge is 0.180 e. The highest BCUT2D eigenvalue weighted by atomic mass is 16.3. The number of phenols is 1. The van der Waals surface area contributed by atoms with Crippen LogP contribution in [0.5, 0.6) is 5.75 Å². The van der Waals surface area contributed by atoms with Crippen LogP contribution in [0.15, 0.2) is 18.2 Å². The predicted octanol–water partition coefficient (Wildman–Crippen LogP) is 0.458. The van der Waals surface area contributed by atoms with Crippen molar-refractivity contribution >= 4 is 5.78 Å². The van der Waals surface area contributed by atoms with Crippen molar-refractivity contribution in [2.75, 3.05) is 0 Å². The van der Waals surface area contributed by atoms with Gasteiger partial charge in [-0.2, -0.15) is 0 Å². The molecule has 2 rings (SSSR count). The maximum absolute atomic E-state index is 11.3. The number of aromatic hydroxyl groups is 1. The number of phenolic OH excluding ortho intramolecular Hbond substituents is 1. The van der Waals surface area contributed by atoms with Gasteiger partial charge in [-0.15, -0.1) is 0 Å². The lowest BCUT2D eigenvalue weighted by atomic mass is 10.1. The summed E-state index contributed by atoms with van der Waals surface area (Å²) >= 11 is 0. The minimum Gasteiger partial charge on any atom is -0.508 e. The van der Waals surface area contributed by atoms with Crippen LogP contribution in [0.1, 0.15) is 15.9 Å². The third-order valence-corrected chi connectivity index (χ3v) is 2.13. The van der Waals surface area contributed by atoms with E-state index >= 15 is 0 Å². The Kier molecular flexibility index (Phi) is 1.41. The van der Waals surface area contributed by atoms with Gasteiger partial charge in [0, 0.05) is 5.56 Å². The summed E-state index contributed by atoms with van der Waals surface area (Å²) in [6, 6.07) is 4.32. The standard InChI is InChI=1S/C9H9NO2/c10-8-4-5-3-6(11)1-2-7(5)9(8)12/h1-3,8,11H,4,10H2/t8-/m0/s1. The van der Waals surface area contributed by atoms with E-state index in [9.17, 15) is 4.79 Å². The number of hydrogen-bond acceptors (Lipinski definition) is 3. The highest BCUT2D eigenvalue weighted by Gasteiger charge is 2.27. The fourth-order valence-corrected chi connectivity index (χ4v) is 1.52. The van der Waals surface area contributed by atoms with Crippen molar-refractivity contribution in [3.63, 3.8) is 0 Å². The second kappa shape index (κ2) is 2.32. The number of carbonyl (C=O) groups excluding carboxylic acids is 1. The van der Waals surface area contributed by atoms with Crippen LogP contribution >= 0.6 is 0 Å². The summed E-state index contributed by atoms with van der Waals surface area (Å²) in [4.78, 5) is 11.3. The lowest BCUT2D eigenvalue weighted by Crippen LogP contribution is -2.26. The minimum absolute atomic E-state index is 0.0231. The second-order valence-corrected chi connectivity index (χ2v) is 3.02. The maximum atomic E-state index is 11.3. The first-order chi connectivity index (χ1) is 5.68. The van der Waals surface area contributed by atoms with Crippen LogP contribution in [0.2, 0.25) is 0 Å². The largest absolute Gasteiger partial charge is 0.508 e. The molecule has 1 aromatic carbocycles. The van der Waals surface area contributed by atoms with Crippen molar-refractivity contribution in [1.29, 1.82) is 0 Å².